The number of aryl methyl sites for hydroxylation is 1. The van der Waals surface area contributed by atoms with Crippen molar-refractivity contribution in [1.82, 2.24) is 9.55 Å². The van der Waals surface area contributed by atoms with E-state index in [2.05, 4.69) is 22.5 Å². The van der Waals surface area contributed by atoms with Crippen LogP contribution in [0.3, 0.4) is 0 Å². The fourth-order valence-electron chi connectivity index (χ4n) is 4.16. The molecule has 0 bridgehead atoms. The minimum absolute atomic E-state index is 0.173. The van der Waals surface area contributed by atoms with Crippen molar-refractivity contribution < 1.29 is 9.59 Å². The number of hydrogen-bond acceptors (Lipinski definition) is 4. The van der Waals surface area contributed by atoms with Crippen molar-refractivity contribution in [1.29, 1.82) is 0 Å². The van der Waals surface area contributed by atoms with Gasteiger partial charge < -0.3 is 10.6 Å². The topological polar surface area (TPSA) is 93.1 Å². The molecule has 7 heteroatoms. The average Bonchev–Trinajstić information content (AvgIpc) is 2.86. The predicted octanol–water partition coefficient (Wildman–Crippen LogP) is 5.17. The number of para-hydroxylation sites is 3. The third-order valence-electron chi connectivity index (χ3n) is 5.92. The fourth-order valence-corrected chi connectivity index (χ4v) is 4.16. The van der Waals surface area contributed by atoms with Crippen LogP contribution >= 0.6 is 0 Å². The first-order chi connectivity index (χ1) is 16.9. The number of anilines is 2. The molecule has 2 amide bonds. The predicted molar refractivity (Wildman–Crippen MR) is 140 cm³/mol. The molecule has 1 atom stereocenters. The van der Waals surface area contributed by atoms with Crippen LogP contribution in [-0.2, 0) is 16.0 Å². The molecular formula is C28H28N4O3. The molecule has 0 aliphatic rings. The van der Waals surface area contributed by atoms with Crippen LogP contribution in [0.5, 0.6) is 0 Å². The highest BCUT2D eigenvalue weighted by Gasteiger charge is 2.25. The van der Waals surface area contributed by atoms with Gasteiger partial charge in [-0.3, -0.25) is 19.0 Å². The molecule has 7 nitrogen and oxygen atoms in total. The minimum Gasteiger partial charge on any atom is -0.326 e. The van der Waals surface area contributed by atoms with Gasteiger partial charge in [0.15, 0.2) is 0 Å². The zero-order valence-electron chi connectivity index (χ0n) is 20.0. The quantitative estimate of drug-likeness (QED) is 0.391. The summed E-state index contributed by atoms with van der Waals surface area (Å²) in [5, 5.41) is 5.72. The number of nitrogens with zero attached hydrogens (tertiary/aromatic N) is 2. The highest BCUT2D eigenvalue weighted by molar-refractivity contribution is 5.96. The van der Waals surface area contributed by atoms with Crippen LogP contribution in [0.25, 0.3) is 22.3 Å². The van der Waals surface area contributed by atoms with Crippen LogP contribution in [0, 0.1) is 0 Å². The van der Waals surface area contributed by atoms with Crippen LogP contribution in [0.2, 0.25) is 0 Å². The van der Waals surface area contributed by atoms with E-state index < -0.39 is 11.6 Å². The number of aromatic nitrogens is 2. The summed E-state index contributed by atoms with van der Waals surface area (Å²) >= 11 is 0. The number of carbonyl (C=O) groups is 2. The molecule has 1 heterocycles. The molecule has 0 saturated heterocycles. The second-order valence-electron chi connectivity index (χ2n) is 8.31. The number of rotatable bonds is 7. The Bertz CT molecular complexity index is 1440. The maximum Gasteiger partial charge on any atom is 0.278 e. The van der Waals surface area contributed by atoms with Gasteiger partial charge >= 0.3 is 0 Å². The number of hydrogen-bond donors (Lipinski definition) is 2. The number of benzene rings is 3. The van der Waals surface area contributed by atoms with Crippen LogP contribution in [0.4, 0.5) is 11.4 Å². The van der Waals surface area contributed by atoms with E-state index >= 15 is 0 Å². The molecule has 0 spiro atoms. The van der Waals surface area contributed by atoms with E-state index in [1.807, 2.05) is 49.4 Å². The van der Waals surface area contributed by atoms with Crippen molar-refractivity contribution in [2.75, 3.05) is 10.6 Å². The molecule has 35 heavy (non-hydrogen) atoms. The van der Waals surface area contributed by atoms with Crippen LogP contribution < -0.4 is 16.2 Å². The van der Waals surface area contributed by atoms with Gasteiger partial charge in [0.2, 0.25) is 11.8 Å². The molecule has 4 rings (SSSR count). The first-order valence-electron chi connectivity index (χ1n) is 11.7. The Morgan fingerprint density at radius 2 is 1.60 bits per heavy atom. The van der Waals surface area contributed by atoms with Gasteiger partial charge in [0.05, 0.1) is 16.7 Å². The normalized spacial score (nSPS) is 11.7. The summed E-state index contributed by atoms with van der Waals surface area (Å²) in [5.74, 6) is -0.533. The maximum atomic E-state index is 13.9. The molecule has 0 radical (unpaired) electrons. The summed E-state index contributed by atoms with van der Waals surface area (Å²) in [7, 11) is 0. The van der Waals surface area contributed by atoms with E-state index in [-0.39, 0.29) is 17.5 Å². The fraction of sp³-hybridized carbons (Fsp3) is 0.214. The Morgan fingerprint density at radius 1 is 0.914 bits per heavy atom. The summed E-state index contributed by atoms with van der Waals surface area (Å²) in [6.07, 6.45) is 1.31. The van der Waals surface area contributed by atoms with Gasteiger partial charge in [-0.15, -0.1) is 0 Å². The molecular weight excluding hydrogens is 440 g/mol. The zero-order valence-corrected chi connectivity index (χ0v) is 20.0. The van der Waals surface area contributed by atoms with Gasteiger partial charge in [-0.1, -0.05) is 56.3 Å². The largest absolute Gasteiger partial charge is 0.326 e. The lowest BCUT2D eigenvalue weighted by Gasteiger charge is -2.21. The molecule has 0 unspecified atom stereocenters. The Morgan fingerprint density at radius 3 is 2.29 bits per heavy atom. The van der Waals surface area contributed by atoms with Crippen LogP contribution in [-0.4, -0.2) is 21.4 Å². The lowest BCUT2D eigenvalue weighted by molar-refractivity contribution is -0.119. The molecule has 178 valence electrons. The first-order valence-corrected chi connectivity index (χ1v) is 11.7. The van der Waals surface area contributed by atoms with Gasteiger partial charge in [0, 0.05) is 18.2 Å². The van der Waals surface area contributed by atoms with E-state index in [1.54, 1.807) is 30.3 Å². The lowest BCUT2D eigenvalue weighted by Crippen LogP contribution is -2.34. The van der Waals surface area contributed by atoms with Crippen molar-refractivity contribution in [3.63, 3.8) is 0 Å². The van der Waals surface area contributed by atoms with E-state index in [9.17, 15) is 14.4 Å². The van der Waals surface area contributed by atoms with E-state index in [4.69, 9.17) is 0 Å². The zero-order chi connectivity index (χ0) is 24.9. The maximum absolute atomic E-state index is 13.9. The highest BCUT2D eigenvalue weighted by atomic mass is 16.2. The Hall–Kier alpha value is -4.26. The smallest absolute Gasteiger partial charge is 0.278 e. The molecule has 0 saturated carbocycles. The summed E-state index contributed by atoms with van der Waals surface area (Å²) in [4.78, 5) is 43.7. The van der Waals surface area contributed by atoms with Crippen molar-refractivity contribution in [3.05, 3.63) is 88.7 Å². The van der Waals surface area contributed by atoms with Crippen LogP contribution in [0.15, 0.2) is 77.6 Å². The van der Waals surface area contributed by atoms with Crippen molar-refractivity contribution in [2.24, 2.45) is 0 Å². The SMILES string of the molecule is CCc1ccc(NC(=O)[C@H](CC)n2c(=O)c(-c3ccccc3NC(C)=O)nc3ccccc32)cc1. The molecule has 4 aromatic rings. The summed E-state index contributed by atoms with van der Waals surface area (Å²) < 4.78 is 1.51. The molecule has 0 aliphatic heterocycles. The molecule has 0 aliphatic carbocycles. The Labute approximate surface area is 203 Å². The van der Waals surface area contributed by atoms with Gasteiger partial charge in [0.25, 0.3) is 5.56 Å². The standard InChI is InChI=1S/C28H28N4O3/c1-4-19-14-16-20(17-15-19)30-27(34)24(5-2)32-25-13-9-8-12-23(25)31-26(28(32)35)21-10-6-7-11-22(21)29-18(3)33/h6-17,24H,4-5H2,1-3H3,(H,29,33)(H,30,34)/t24-/m0/s1. The number of carbonyl (C=O) groups excluding carboxylic acids is 2. The van der Waals surface area contributed by atoms with E-state index in [1.165, 1.54) is 17.1 Å². The number of nitrogens with one attached hydrogen (secondary N) is 2. The summed E-state index contributed by atoms with van der Waals surface area (Å²) in [6, 6.07) is 21.2. The number of amides is 2. The Kier molecular flexibility index (Phi) is 7.06. The van der Waals surface area contributed by atoms with Crippen molar-refractivity contribution in [3.8, 4) is 11.3 Å². The van der Waals surface area contributed by atoms with Gasteiger partial charge in [0.1, 0.15) is 11.7 Å². The molecule has 3 aromatic carbocycles. The van der Waals surface area contributed by atoms with Crippen molar-refractivity contribution >= 4 is 34.2 Å². The summed E-state index contributed by atoms with van der Waals surface area (Å²) in [5.41, 5.74) is 3.76. The monoisotopic (exact) mass is 468 g/mol. The third kappa shape index (κ3) is 4.99. The first kappa shape index (κ1) is 23.9. The van der Waals surface area contributed by atoms with Gasteiger partial charge in [-0.05, 0) is 48.7 Å². The third-order valence-corrected chi connectivity index (χ3v) is 5.92. The van der Waals surface area contributed by atoms with Crippen molar-refractivity contribution in [2.45, 2.75) is 39.7 Å². The van der Waals surface area contributed by atoms with E-state index in [0.29, 0.717) is 34.4 Å². The van der Waals surface area contributed by atoms with Gasteiger partial charge in [-0.2, -0.15) is 0 Å². The van der Waals surface area contributed by atoms with Gasteiger partial charge in [-0.25, -0.2) is 4.98 Å². The number of fused-ring (bicyclic) bond motifs is 1. The minimum atomic E-state index is -0.757. The van der Waals surface area contributed by atoms with Crippen LogP contribution in [0.1, 0.15) is 38.8 Å². The molecule has 0 fully saturated rings. The Balaban J connectivity index is 1.85. The molecule has 1 aromatic heterocycles. The van der Waals surface area contributed by atoms with E-state index in [0.717, 1.165) is 6.42 Å². The highest BCUT2D eigenvalue weighted by Crippen LogP contribution is 2.27. The average molecular weight is 469 g/mol. The second-order valence-corrected chi connectivity index (χ2v) is 8.31. The summed E-state index contributed by atoms with van der Waals surface area (Å²) in [6.45, 7) is 5.35. The lowest BCUT2D eigenvalue weighted by atomic mass is 10.1. The molecule has 2 N–H and O–H groups in total. The second kappa shape index (κ2) is 10.3.